The molecule has 1 amide bonds. The number of nitrogens with zero attached hydrogens (tertiary/aromatic N) is 3. The molecule has 11 heteroatoms. The first-order valence-electron chi connectivity index (χ1n) is 13.4. The second-order valence-corrected chi connectivity index (χ2v) is 11.7. The van der Waals surface area contributed by atoms with Crippen molar-refractivity contribution in [3.63, 3.8) is 0 Å². The molecule has 216 valence electrons. The minimum absolute atomic E-state index is 0.0432. The van der Waals surface area contributed by atoms with Crippen LogP contribution in [-0.4, -0.2) is 66.5 Å². The lowest BCUT2D eigenvalue weighted by molar-refractivity contribution is 0.0509. The number of halogens is 2. The molecule has 40 heavy (non-hydrogen) atoms. The molecule has 0 unspecified atom stereocenters. The van der Waals surface area contributed by atoms with E-state index in [1.54, 1.807) is 31.4 Å². The Kier molecular flexibility index (Phi) is 10.0. The fraction of sp³-hybridized carbons (Fsp3) is 0.483. The number of benzene rings is 2. The van der Waals surface area contributed by atoms with Gasteiger partial charge in [-0.2, -0.15) is 9.97 Å². The second kappa shape index (κ2) is 13.5. The number of nitrogens with one attached hydrogen (secondary N) is 1. The largest absolute Gasteiger partial charge is 0.497 e. The average molecular weight is 620 g/mol. The lowest BCUT2D eigenvalue weighted by Crippen LogP contribution is -2.40. The first kappa shape index (κ1) is 29.8. The summed E-state index contributed by atoms with van der Waals surface area (Å²) in [6.45, 7) is 9.43. The Morgan fingerprint density at radius 3 is 2.62 bits per heavy atom. The van der Waals surface area contributed by atoms with E-state index in [0.29, 0.717) is 40.2 Å². The normalized spacial score (nSPS) is 14.7. The molecule has 1 saturated heterocycles. The highest BCUT2D eigenvalue weighted by Gasteiger charge is 2.22. The predicted octanol–water partition coefficient (Wildman–Crippen LogP) is 6.34. The molecule has 1 N–H and O–H groups in total. The van der Waals surface area contributed by atoms with Crippen LogP contribution in [0.5, 0.6) is 23.4 Å². The van der Waals surface area contributed by atoms with Gasteiger partial charge in [-0.05, 0) is 95.4 Å². The maximum atomic E-state index is 14.5. The van der Waals surface area contributed by atoms with E-state index in [9.17, 15) is 9.18 Å². The summed E-state index contributed by atoms with van der Waals surface area (Å²) < 4.78 is 37.5. The fourth-order valence-electron chi connectivity index (χ4n) is 4.40. The Hall–Kier alpha value is -3.18. The van der Waals surface area contributed by atoms with E-state index >= 15 is 0 Å². The van der Waals surface area contributed by atoms with E-state index in [-0.39, 0.29) is 23.7 Å². The zero-order chi connectivity index (χ0) is 28.7. The van der Waals surface area contributed by atoms with Crippen LogP contribution in [-0.2, 0) is 4.74 Å². The van der Waals surface area contributed by atoms with Gasteiger partial charge in [0.15, 0.2) is 11.6 Å². The van der Waals surface area contributed by atoms with Crippen molar-refractivity contribution in [3.8, 4) is 23.4 Å². The summed E-state index contributed by atoms with van der Waals surface area (Å²) in [5.41, 5.74) is 0.105. The van der Waals surface area contributed by atoms with Gasteiger partial charge in [0.2, 0.25) is 5.88 Å². The van der Waals surface area contributed by atoms with Crippen LogP contribution in [0.15, 0.2) is 40.9 Å². The Bertz CT molecular complexity index is 1310. The van der Waals surface area contributed by atoms with Crippen LogP contribution in [0.2, 0.25) is 0 Å². The molecule has 1 fully saturated rings. The number of piperidine rings is 1. The Morgan fingerprint density at radius 1 is 1.15 bits per heavy atom. The van der Waals surface area contributed by atoms with E-state index in [4.69, 9.17) is 18.9 Å². The number of carbonyl (C=O) groups is 1. The zero-order valence-corrected chi connectivity index (χ0v) is 24.9. The van der Waals surface area contributed by atoms with Gasteiger partial charge in [-0.25, -0.2) is 9.18 Å². The van der Waals surface area contributed by atoms with Crippen molar-refractivity contribution in [2.75, 3.05) is 39.9 Å². The molecule has 4 rings (SSSR count). The first-order valence-corrected chi connectivity index (χ1v) is 14.2. The topological polar surface area (TPSA) is 95.0 Å². The molecule has 1 aliphatic rings. The van der Waals surface area contributed by atoms with Gasteiger partial charge >= 0.3 is 12.1 Å². The highest BCUT2D eigenvalue weighted by Crippen LogP contribution is 2.33. The first-order chi connectivity index (χ1) is 19.1. The fourth-order valence-corrected chi connectivity index (χ4v) is 4.73. The van der Waals surface area contributed by atoms with Gasteiger partial charge in [0.05, 0.1) is 24.6 Å². The molecular formula is C29H36BrFN4O5. The standard InChI is InChI=1S/C29H36BrFN4O5/c1-29(2,3)40-28(36)32-18-19-10-13-35(14-11-19)12-5-15-38-27-33-24-8-7-21(37-4)17-22(24)26(34-27)39-25-9-6-20(30)16-23(25)31/h6-9,16-17,19H,5,10-15,18H2,1-4H3,(H,32,36). The van der Waals surface area contributed by atoms with Gasteiger partial charge in [0, 0.05) is 17.6 Å². The second-order valence-electron chi connectivity index (χ2n) is 10.7. The van der Waals surface area contributed by atoms with Crippen LogP contribution in [0.4, 0.5) is 9.18 Å². The highest BCUT2D eigenvalue weighted by atomic mass is 79.9. The van der Waals surface area contributed by atoms with Crippen LogP contribution in [0.1, 0.15) is 40.0 Å². The minimum atomic E-state index is -0.518. The average Bonchev–Trinajstić information content (AvgIpc) is 2.91. The summed E-state index contributed by atoms with van der Waals surface area (Å²) in [6.07, 6.45) is 2.46. The minimum Gasteiger partial charge on any atom is -0.497 e. The molecule has 9 nitrogen and oxygen atoms in total. The number of rotatable bonds is 10. The number of ether oxygens (including phenoxy) is 4. The van der Waals surface area contributed by atoms with Gasteiger partial charge in [-0.15, -0.1) is 0 Å². The SMILES string of the molecule is COc1ccc2nc(OCCCN3CCC(CNC(=O)OC(C)(C)C)CC3)nc(Oc3ccc(Br)cc3F)c2c1. The lowest BCUT2D eigenvalue weighted by Gasteiger charge is -2.32. The molecule has 3 aromatic rings. The van der Waals surface area contributed by atoms with Crippen molar-refractivity contribution < 1.29 is 28.1 Å². The smallest absolute Gasteiger partial charge is 0.407 e. The van der Waals surface area contributed by atoms with E-state index < -0.39 is 11.4 Å². The summed E-state index contributed by atoms with van der Waals surface area (Å²) in [5.74, 6) is 0.758. The quantitative estimate of drug-likeness (QED) is 0.263. The summed E-state index contributed by atoms with van der Waals surface area (Å²) in [5, 5.41) is 3.47. The molecular weight excluding hydrogens is 583 g/mol. The van der Waals surface area contributed by atoms with E-state index in [1.165, 1.54) is 12.1 Å². The number of hydrogen-bond donors (Lipinski definition) is 1. The third kappa shape index (κ3) is 8.66. The van der Waals surface area contributed by atoms with Crippen molar-refractivity contribution >= 4 is 32.9 Å². The number of aromatic nitrogens is 2. The summed E-state index contributed by atoms with van der Waals surface area (Å²) in [7, 11) is 1.57. The van der Waals surface area contributed by atoms with Crippen molar-refractivity contribution in [1.82, 2.24) is 20.2 Å². The lowest BCUT2D eigenvalue weighted by atomic mass is 9.97. The van der Waals surface area contributed by atoms with Gasteiger partial charge in [0.1, 0.15) is 11.4 Å². The number of likely N-dealkylation sites (tertiary alicyclic amines) is 1. The number of carbonyl (C=O) groups excluding carboxylic acids is 1. The molecule has 1 aromatic heterocycles. The van der Waals surface area contributed by atoms with Crippen LogP contribution >= 0.6 is 15.9 Å². The van der Waals surface area contributed by atoms with Crippen molar-refractivity contribution in [1.29, 1.82) is 0 Å². The molecule has 2 heterocycles. The van der Waals surface area contributed by atoms with Crippen LogP contribution < -0.4 is 19.5 Å². The molecule has 1 aliphatic heterocycles. The maximum absolute atomic E-state index is 14.5. The van der Waals surface area contributed by atoms with Gasteiger partial charge in [-0.3, -0.25) is 0 Å². The number of methoxy groups -OCH3 is 1. The van der Waals surface area contributed by atoms with Gasteiger partial charge in [-0.1, -0.05) is 15.9 Å². The molecule has 0 aliphatic carbocycles. The predicted molar refractivity (Wildman–Crippen MR) is 154 cm³/mol. The molecule has 0 radical (unpaired) electrons. The summed E-state index contributed by atoms with van der Waals surface area (Å²) in [4.78, 5) is 23.2. The van der Waals surface area contributed by atoms with Crippen molar-refractivity contribution in [3.05, 3.63) is 46.7 Å². The number of amides is 1. The summed E-state index contributed by atoms with van der Waals surface area (Å²) >= 11 is 3.26. The van der Waals surface area contributed by atoms with Crippen LogP contribution in [0.3, 0.4) is 0 Å². The molecule has 0 saturated carbocycles. The Morgan fingerprint density at radius 2 is 1.93 bits per heavy atom. The highest BCUT2D eigenvalue weighted by molar-refractivity contribution is 9.10. The van der Waals surface area contributed by atoms with Gasteiger partial charge < -0.3 is 29.2 Å². The Labute approximate surface area is 242 Å². The van der Waals surface area contributed by atoms with Crippen LogP contribution in [0.25, 0.3) is 10.9 Å². The molecule has 2 aromatic carbocycles. The molecule has 0 bridgehead atoms. The number of alkyl carbamates (subject to hydrolysis) is 1. The monoisotopic (exact) mass is 618 g/mol. The van der Waals surface area contributed by atoms with Crippen LogP contribution in [0, 0.1) is 11.7 Å². The van der Waals surface area contributed by atoms with Gasteiger partial charge in [0.25, 0.3) is 0 Å². The molecule has 0 atom stereocenters. The Balaban J connectivity index is 1.29. The summed E-state index contributed by atoms with van der Waals surface area (Å²) in [6, 6.07) is 10.0. The van der Waals surface area contributed by atoms with E-state index in [1.807, 2.05) is 20.8 Å². The third-order valence-electron chi connectivity index (χ3n) is 6.44. The third-order valence-corrected chi connectivity index (χ3v) is 6.93. The van der Waals surface area contributed by atoms with Crippen molar-refractivity contribution in [2.45, 2.75) is 45.6 Å². The maximum Gasteiger partial charge on any atom is 0.407 e. The molecule has 0 spiro atoms. The van der Waals surface area contributed by atoms with E-state index in [0.717, 1.165) is 38.9 Å². The number of hydrogen-bond acceptors (Lipinski definition) is 8. The zero-order valence-electron chi connectivity index (χ0n) is 23.3. The van der Waals surface area contributed by atoms with E-state index in [2.05, 4.69) is 36.1 Å². The number of fused-ring (bicyclic) bond motifs is 1. The van der Waals surface area contributed by atoms with Crippen molar-refractivity contribution in [2.24, 2.45) is 5.92 Å².